The van der Waals surface area contributed by atoms with Gasteiger partial charge in [0.15, 0.2) is 11.6 Å². The predicted octanol–water partition coefficient (Wildman–Crippen LogP) is 4.80. The van der Waals surface area contributed by atoms with Crippen LogP contribution in [0.4, 0.5) is 4.39 Å². The van der Waals surface area contributed by atoms with Crippen LogP contribution in [0.25, 0.3) is 0 Å². The van der Waals surface area contributed by atoms with Gasteiger partial charge in [-0.05, 0) is 47.2 Å². The van der Waals surface area contributed by atoms with Gasteiger partial charge in [-0.25, -0.2) is 4.39 Å². The molecule has 0 aliphatic carbocycles. The standard InChI is InChI=1S/C18H21FO2/c1-4-18(2,3)14-6-8-15(9-7-14)21-17-10-5-13(12-20)11-16(17)19/h5-11,20H,4,12H2,1-3H3. The quantitative estimate of drug-likeness (QED) is 0.856. The van der Waals surface area contributed by atoms with Gasteiger partial charge in [0.2, 0.25) is 0 Å². The first kappa shape index (κ1) is 15.5. The molecule has 2 aromatic carbocycles. The van der Waals surface area contributed by atoms with Crippen LogP contribution in [0.15, 0.2) is 42.5 Å². The largest absolute Gasteiger partial charge is 0.454 e. The van der Waals surface area contributed by atoms with Crippen molar-refractivity contribution < 1.29 is 14.2 Å². The lowest BCUT2D eigenvalue weighted by Crippen LogP contribution is -2.14. The first-order valence-corrected chi connectivity index (χ1v) is 7.14. The van der Waals surface area contributed by atoms with E-state index in [-0.39, 0.29) is 17.8 Å². The maximum Gasteiger partial charge on any atom is 0.166 e. The second-order valence-electron chi connectivity index (χ2n) is 5.79. The third-order valence-corrected chi connectivity index (χ3v) is 3.93. The second-order valence-corrected chi connectivity index (χ2v) is 5.79. The Bertz CT molecular complexity index is 603. The highest BCUT2D eigenvalue weighted by Crippen LogP contribution is 2.30. The van der Waals surface area contributed by atoms with Gasteiger partial charge in [0.05, 0.1) is 6.61 Å². The lowest BCUT2D eigenvalue weighted by atomic mass is 9.82. The van der Waals surface area contributed by atoms with Crippen LogP contribution >= 0.6 is 0 Å². The molecule has 0 heterocycles. The molecule has 0 spiro atoms. The summed E-state index contributed by atoms with van der Waals surface area (Å²) >= 11 is 0. The molecule has 0 aliphatic heterocycles. The van der Waals surface area contributed by atoms with Crippen molar-refractivity contribution in [1.82, 2.24) is 0 Å². The molecular weight excluding hydrogens is 267 g/mol. The van der Waals surface area contributed by atoms with Crippen LogP contribution in [0.2, 0.25) is 0 Å². The molecule has 2 nitrogen and oxygen atoms in total. The van der Waals surface area contributed by atoms with Crippen molar-refractivity contribution in [1.29, 1.82) is 0 Å². The molecule has 0 aliphatic rings. The van der Waals surface area contributed by atoms with Crippen molar-refractivity contribution in [3.63, 3.8) is 0 Å². The fraction of sp³-hybridized carbons (Fsp3) is 0.333. The molecule has 0 radical (unpaired) electrons. The number of hydrogen-bond donors (Lipinski definition) is 1. The summed E-state index contributed by atoms with van der Waals surface area (Å²) in [6, 6.07) is 12.2. The van der Waals surface area contributed by atoms with Gasteiger partial charge in [0.1, 0.15) is 5.75 Å². The smallest absolute Gasteiger partial charge is 0.166 e. The SMILES string of the molecule is CCC(C)(C)c1ccc(Oc2ccc(CO)cc2F)cc1. The van der Waals surface area contributed by atoms with Crippen molar-refractivity contribution in [2.24, 2.45) is 0 Å². The van der Waals surface area contributed by atoms with Crippen molar-refractivity contribution in [2.75, 3.05) is 0 Å². The zero-order chi connectivity index (χ0) is 15.5. The van der Waals surface area contributed by atoms with Crippen molar-refractivity contribution in [3.8, 4) is 11.5 Å². The van der Waals surface area contributed by atoms with Crippen LogP contribution in [0, 0.1) is 5.82 Å². The number of rotatable bonds is 5. The van der Waals surface area contributed by atoms with E-state index in [1.807, 2.05) is 24.3 Å². The van der Waals surface area contributed by atoms with E-state index in [0.29, 0.717) is 11.3 Å². The number of benzene rings is 2. The predicted molar refractivity (Wildman–Crippen MR) is 82.2 cm³/mol. The average Bonchev–Trinajstić information content (AvgIpc) is 2.50. The van der Waals surface area contributed by atoms with Gasteiger partial charge in [-0.3, -0.25) is 0 Å². The maximum absolute atomic E-state index is 13.8. The molecule has 0 atom stereocenters. The van der Waals surface area contributed by atoms with Crippen LogP contribution in [0.5, 0.6) is 11.5 Å². The summed E-state index contributed by atoms with van der Waals surface area (Å²) in [7, 11) is 0. The molecule has 0 aromatic heterocycles. The molecule has 1 N–H and O–H groups in total. The molecule has 0 unspecified atom stereocenters. The lowest BCUT2D eigenvalue weighted by molar-refractivity contribution is 0.281. The van der Waals surface area contributed by atoms with Crippen molar-refractivity contribution in [2.45, 2.75) is 39.2 Å². The van der Waals surface area contributed by atoms with Gasteiger partial charge in [-0.2, -0.15) is 0 Å². The molecule has 0 saturated heterocycles. The monoisotopic (exact) mass is 288 g/mol. The van der Waals surface area contributed by atoms with E-state index in [2.05, 4.69) is 20.8 Å². The summed E-state index contributed by atoms with van der Waals surface area (Å²) in [6.45, 7) is 6.35. The maximum atomic E-state index is 13.8. The van der Waals surface area contributed by atoms with Gasteiger partial charge in [0.25, 0.3) is 0 Å². The Labute approximate surface area is 125 Å². The minimum Gasteiger partial charge on any atom is -0.454 e. The van der Waals surface area contributed by atoms with Gasteiger partial charge in [-0.15, -0.1) is 0 Å². The summed E-state index contributed by atoms with van der Waals surface area (Å²) in [5.41, 5.74) is 1.88. The Kier molecular flexibility index (Phi) is 4.63. The number of aliphatic hydroxyl groups is 1. The fourth-order valence-electron chi connectivity index (χ4n) is 2.03. The van der Waals surface area contributed by atoms with Gasteiger partial charge < -0.3 is 9.84 Å². The summed E-state index contributed by atoms with van der Waals surface area (Å²) < 4.78 is 19.4. The first-order chi connectivity index (χ1) is 9.96. The topological polar surface area (TPSA) is 29.5 Å². The molecule has 112 valence electrons. The van der Waals surface area contributed by atoms with Gasteiger partial charge >= 0.3 is 0 Å². The number of ether oxygens (including phenoxy) is 1. The Morgan fingerprint density at radius 2 is 1.76 bits per heavy atom. The Hall–Kier alpha value is -1.87. The molecule has 3 heteroatoms. The zero-order valence-corrected chi connectivity index (χ0v) is 12.7. The van der Waals surface area contributed by atoms with Crippen LogP contribution < -0.4 is 4.74 Å². The summed E-state index contributed by atoms with van der Waals surface area (Å²) in [6.07, 6.45) is 1.05. The highest BCUT2D eigenvalue weighted by Gasteiger charge is 2.17. The third kappa shape index (κ3) is 3.61. The van der Waals surface area contributed by atoms with Crippen LogP contribution in [0.1, 0.15) is 38.3 Å². The number of aliphatic hydroxyl groups excluding tert-OH is 1. The van der Waals surface area contributed by atoms with Crippen molar-refractivity contribution >= 4 is 0 Å². The Balaban J connectivity index is 2.17. The molecule has 0 saturated carbocycles. The molecule has 2 aromatic rings. The highest BCUT2D eigenvalue weighted by molar-refractivity contribution is 5.37. The Morgan fingerprint density at radius 1 is 1.10 bits per heavy atom. The fourth-order valence-corrected chi connectivity index (χ4v) is 2.03. The molecule has 21 heavy (non-hydrogen) atoms. The third-order valence-electron chi connectivity index (χ3n) is 3.93. The summed E-state index contributed by atoms with van der Waals surface area (Å²) in [5.74, 6) is 0.288. The Morgan fingerprint density at radius 3 is 2.29 bits per heavy atom. The molecule has 0 bridgehead atoms. The number of halogens is 1. The van der Waals surface area contributed by atoms with Crippen molar-refractivity contribution in [3.05, 3.63) is 59.4 Å². The minimum atomic E-state index is -0.473. The molecule has 0 amide bonds. The number of hydrogen-bond acceptors (Lipinski definition) is 2. The molecule has 2 rings (SSSR count). The van der Waals surface area contributed by atoms with E-state index in [9.17, 15) is 4.39 Å². The van der Waals surface area contributed by atoms with Gasteiger partial charge in [-0.1, -0.05) is 39.0 Å². The van der Waals surface area contributed by atoms with Crippen LogP contribution in [0.3, 0.4) is 0 Å². The van der Waals surface area contributed by atoms with Crippen LogP contribution in [-0.4, -0.2) is 5.11 Å². The van der Waals surface area contributed by atoms with E-state index in [1.165, 1.54) is 17.7 Å². The average molecular weight is 288 g/mol. The lowest BCUT2D eigenvalue weighted by Gasteiger charge is -2.23. The molecule has 0 fully saturated rings. The van der Waals surface area contributed by atoms with E-state index < -0.39 is 5.82 Å². The highest BCUT2D eigenvalue weighted by atomic mass is 19.1. The van der Waals surface area contributed by atoms with E-state index in [4.69, 9.17) is 9.84 Å². The van der Waals surface area contributed by atoms with Gasteiger partial charge in [0, 0.05) is 0 Å². The minimum absolute atomic E-state index is 0.118. The first-order valence-electron chi connectivity index (χ1n) is 7.14. The zero-order valence-electron chi connectivity index (χ0n) is 12.7. The van der Waals surface area contributed by atoms with E-state index in [1.54, 1.807) is 6.07 Å². The van der Waals surface area contributed by atoms with E-state index in [0.717, 1.165) is 6.42 Å². The van der Waals surface area contributed by atoms with Crippen LogP contribution in [-0.2, 0) is 12.0 Å². The second kappa shape index (κ2) is 6.27. The summed E-state index contributed by atoms with van der Waals surface area (Å²) in [4.78, 5) is 0. The summed E-state index contributed by atoms with van der Waals surface area (Å²) in [5, 5.41) is 8.97. The normalized spacial score (nSPS) is 11.5. The molecular formula is C18H21FO2. The van der Waals surface area contributed by atoms with E-state index >= 15 is 0 Å².